The Morgan fingerprint density at radius 2 is 2.17 bits per heavy atom. The lowest BCUT2D eigenvalue weighted by Crippen LogP contribution is -2.40. The number of rotatable bonds is 6. The molecule has 2 aromatic rings. The van der Waals surface area contributed by atoms with Gasteiger partial charge in [-0.3, -0.25) is 4.68 Å². The molecule has 23 heavy (non-hydrogen) atoms. The van der Waals surface area contributed by atoms with Crippen LogP contribution in [0, 0.1) is 12.8 Å². The number of urea groups is 1. The van der Waals surface area contributed by atoms with E-state index < -0.39 is 0 Å². The minimum absolute atomic E-state index is 0.207. The van der Waals surface area contributed by atoms with Crippen LogP contribution in [-0.2, 0) is 13.6 Å². The van der Waals surface area contributed by atoms with E-state index in [0.717, 1.165) is 12.2 Å². The van der Waals surface area contributed by atoms with Crippen molar-refractivity contribution >= 4 is 6.03 Å². The molecule has 0 saturated carbocycles. The number of carbonyl (C=O) groups is 1. The van der Waals surface area contributed by atoms with Gasteiger partial charge in [-0.2, -0.15) is 5.10 Å². The fraction of sp³-hybridized carbons (Fsp3) is 0.643. The van der Waals surface area contributed by atoms with Gasteiger partial charge in [0.2, 0.25) is 11.8 Å². The molecule has 0 bridgehead atoms. The average Bonchev–Trinajstić information content (AvgIpc) is 3.06. The van der Waals surface area contributed by atoms with Crippen molar-refractivity contribution in [3.05, 3.63) is 23.9 Å². The Hall–Kier alpha value is -2.45. The summed E-state index contributed by atoms with van der Waals surface area (Å²) >= 11 is 0. The van der Waals surface area contributed by atoms with Crippen LogP contribution in [0.4, 0.5) is 4.79 Å². The summed E-state index contributed by atoms with van der Waals surface area (Å²) in [5.74, 6) is 2.01. The summed E-state index contributed by atoms with van der Waals surface area (Å²) in [6.45, 7) is 6.16. The topological polar surface area (TPSA) is 102 Å². The van der Waals surface area contributed by atoms with E-state index in [1.165, 1.54) is 11.2 Å². The third-order valence-electron chi connectivity index (χ3n) is 3.35. The first-order valence-electron chi connectivity index (χ1n) is 7.51. The number of carbonyl (C=O) groups excluding carboxylic acids is 1. The van der Waals surface area contributed by atoms with Crippen LogP contribution in [0.1, 0.15) is 43.9 Å². The molecule has 126 valence electrons. The van der Waals surface area contributed by atoms with Gasteiger partial charge in [0.25, 0.3) is 0 Å². The van der Waals surface area contributed by atoms with E-state index in [1.54, 1.807) is 18.7 Å². The maximum Gasteiger partial charge on any atom is 0.318 e. The highest BCUT2D eigenvalue weighted by atomic mass is 16.4. The van der Waals surface area contributed by atoms with Gasteiger partial charge < -0.3 is 14.6 Å². The minimum Gasteiger partial charge on any atom is -0.424 e. The Kier molecular flexibility index (Phi) is 5.30. The number of aryl methyl sites for hydroxylation is 2. The van der Waals surface area contributed by atoms with Crippen molar-refractivity contribution in [3.63, 3.8) is 0 Å². The highest BCUT2D eigenvalue weighted by Crippen LogP contribution is 2.19. The van der Waals surface area contributed by atoms with Crippen molar-refractivity contribution in [2.24, 2.45) is 13.0 Å². The maximum absolute atomic E-state index is 12.4. The van der Waals surface area contributed by atoms with Gasteiger partial charge in [0, 0.05) is 21.0 Å². The summed E-state index contributed by atoms with van der Waals surface area (Å²) in [4.78, 5) is 18.2. The SMILES string of the molecule is Cc1nnc(CN(C)C(=O)NC(CC(C)C)c2ncnn2C)o1. The summed E-state index contributed by atoms with van der Waals surface area (Å²) in [7, 11) is 3.49. The van der Waals surface area contributed by atoms with Gasteiger partial charge in [0.05, 0.1) is 6.04 Å². The molecule has 0 saturated heterocycles. The van der Waals surface area contributed by atoms with E-state index in [9.17, 15) is 4.79 Å². The summed E-state index contributed by atoms with van der Waals surface area (Å²) in [5.41, 5.74) is 0. The molecule has 2 heterocycles. The first-order chi connectivity index (χ1) is 10.9. The van der Waals surface area contributed by atoms with Crippen LogP contribution in [0.2, 0.25) is 0 Å². The monoisotopic (exact) mass is 321 g/mol. The number of nitrogens with zero attached hydrogens (tertiary/aromatic N) is 6. The number of hydrogen-bond donors (Lipinski definition) is 1. The van der Waals surface area contributed by atoms with Crippen LogP contribution in [0.25, 0.3) is 0 Å². The molecule has 2 aromatic heterocycles. The summed E-state index contributed by atoms with van der Waals surface area (Å²) < 4.78 is 6.97. The summed E-state index contributed by atoms with van der Waals surface area (Å²) in [6, 6.07) is -0.434. The van der Waals surface area contributed by atoms with E-state index in [2.05, 4.69) is 39.4 Å². The molecule has 0 fully saturated rings. The lowest BCUT2D eigenvalue weighted by molar-refractivity contribution is 0.194. The van der Waals surface area contributed by atoms with Crippen LogP contribution in [-0.4, -0.2) is 42.9 Å². The quantitative estimate of drug-likeness (QED) is 0.863. The second-order valence-corrected chi connectivity index (χ2v) is 5.94. The van der Waals surface area contributed by atoms with Crippen molar-refractivity contribution in [1.29, 1.82) is 0 Å². The second kappa shape index (κ2) is 7.21. The van der Waals surface area contributed by atoms with Gasteiger partial charge in [0.1, 0.15) is 18.7 Å². The Labute approximate surface area is 135 Å². The maximum atomic E-state index is 12.4. The Morgan fingerprint density at radius 1 is 1.43 bits per heavy atom. The molecular weight excluding hydrogens is 298 g/mol. The van der Waals surface area contributed by atoms with E-state index in [-0.39, 0.29) is 18.6 Å². The Balaban J connectivity index is 2.03. The highest BCUT2D eigenvalue weighted by molar-refractivity contribution is 5.74. The first-order valence-corrected chi connectivity index (χ1v) is 7.51. The van der Waals surface area contributed by atoms with Crippen LogP contribution < -0.4 is 5.32 Å². The standard InChI is InChI=1S/C14H23N7O2/c1-9(2)6-11(13-15-8-16-21(13)5)17-14(22)20(4)7-12-19-18-10(3)23-12/h8-9,11H,6-7H2,1-5H3,(H,17,22). The summed E-state index contributed by atoms with van der Waals surface area (Å²) in [5, 5.41) is 14.7. The molecule has 0 aliphatic carbocycles. The largest absolute Gasteiger partial charge is 0.424 e. The number of aromatic nitrogens is 5. The number of amides is 2. The van der Waals surface area contributed by atoms with Crippen molar-refractivity contribution in [3.8, 4) is 0 Å². The normalized spacial score (nSPS) is 12.4. The molecule has 2 rings (SSSR count). The molecular formula is C14H23N7O2. The van der Waals surface area contributed by atoms with Gasteiger partial charge in [-0.15, -0.1) is 10.2 Å². The zero-order valence-corrected chi connectivity index (χ0v) is 14.1. The molecule has 9 nitrogen and oxygen atoms in total. The molecule has 1 N–H and O–H groups in total. The smallest absolute Gasteiger partial charge is 0.318 e. The highest BCUT2D eigenvalue weighted by Gasteiger charge is 2.22. The summed E-state index contributed by atoms with van der Waals surface area (Å²) in [6.07, 6.45) is 2.26. The van der Waals surface area contributed by atoms with Crippen molar-refractivity contribution in [2.75, 3.05) is 7.05 Å². The van der Waals surface area contributed by atoms with Crippen LogP contribution in [0.15, 0.2) is 10.7 Å². The number of hydrogen-bond acceptors (Lipinski definition) is 6. The van der Waals surface area contributed by atoms with E-state index in [0.29, 0.717) is 17.7 Å². The van der Waals surface area contributed by atoms with Crippen molar-refractivity contribution in [2.45, 2.75) is 39.8 Å². The fourth-order valence-corrected chi connectivity index (χ4v) is 2.26. The van der Waals surface area contributed by atoms with Gasteiger partial charge >= 0.3 is 6.03 Å². The predicted octanol–water partition coefficient (Wildman–Crippen LogP) is 1.44. The van der Waals surface area contributed by atoms with Gasteiger partial charge in [-0.05, 0) is 12.3 Å². The van der Waals surface area contributed by atoms with E-state index >= 15 is 0 Å². The average molecular weight is 321 g/mol. The first kappa shape index (κ1) is 16.9. The lowest BCUT2D eigenvalue weighted by atomic mass is 10.0. The molecule has 0 aliphatic heterocycles. The van der Waals surface area contributed by atoms with Crippen molar-refractivity contribution < 1.29 is 9.21 Å². The molecule has 9 heteroatoms. The molecule has 1 atom stereocenters. The Bertz CT molecular complexity index is 649. The lowest BCUT2D eigenvalue weighted by Gasteiger charge is -2.23. The predicted molar refractivity (Wildman–Crippen MR) is 82.2 cm³/mol. The number of nitrogens with one attached hydrogen (secondary N) is 1. The molecule has 1 unspecified atom stereocenters. The zero-order valence-electron chi connectivity index (χ0n) is 14.1. The second-order valence-electron chi connectivity index (χ2n) is 5.94. The van der Waals surface area contributed by atoms with Crippen LogP contribution in [0.5, 0.6) is 0 Å². The minimum atomic E-state index is -0.227. The molecule has 0 spiro atoms. The molecule has 0 aliphatic rings. The molecule has 2 amide bonds. The van der Waals surface area contributed by atoms with Gasteiger partial charge in [-0.25, -0.2) is 9.78 Å². The zero-order chi connectivity index (χ0) is 17.0. The molecule has 0 aromatic carbocycles. The van der Waals surface area contributed by atoms with Crippen LogP contribution >= 0.6 is 0 Å². The van der Waals surface area contributed by atoms with Gasteiger partial charge in [-0.1, -0.05) is 13.8 Å². The molecule has 0 radical (unpaired) electrons. The van der Waals surface area contributed by atoms with Crippen molar-refractivity contribution in [1.82, 2.24) is 35.2 Å². The third-order valence-corrected chi connectivity index (χ3v) is 3.35. The van der Waals surface area contributed by atoms with E-state index in [1.807, 2.05) is 7.05 Å². The van der Waals surface area contributed by atoms with Crippen LogP contribution in [0.3, 0.4) is 0 Å². The Morgan fingerprint density at radius 3 is 2.70 bits per heavy atom. The fourth-order valence-electron chi connectivity index (χ4n) is 2.26. The van der Waals surface area contributed by atoms with Gasteiger partial charge in [0.15, 0.2) is 0 Å². The third kappa shape index (κ3) is 4.51. The van der Waals surface area contributed by atoms with E-state index in [4.69, 9.17) is 4.42 Å².